The van der Waals surface area contributed by atoms with Crippen molar-refractivity contribution in [1.82, 2.24) is 9.96 Å². The maximum absolute atomic E-state index is 9.08. The minimum absolute atomic E-state index is 0.294. The predicted molar refractivity (Wildman–Crippen MR) is 42.1 cm³/mol. The summed E-state index contributed by atoms with van der Waals surface area (Å²) in [5.74, 6) is 0. The van der Waals surface area contributed by atoms with Crippen molar-refractivity contribution in [3.63, 3.8) is 0 Å². The number of aliphatic hydroxyl groups is 1. The van der Waals surface area contributed by atoms with Crippen molar-refractivity contribution in [2.75, 3.05) is 40.3 Å². The van der Waals surface area contributed by atoms with Crippen molar-refractivity contribution in [2.45, 2.75) is 6.10 Å². The van der Waals surface area contributed by atoms with Crippen LogP contribution in [0.1, 0.15) is 0 Å². The largest absolute Gasteiger partial charge is 0.389 e. The van der Waals surface area contributed by atoms with Crippen LogP contribution in [0.4, 0.5) is 0 Å². The van der Waals surface area contributed by atoms with Crippen molar-refractivity contribution < 1.29 is 9.94 Å². The van der Waals surface area contributed by atoms with E-state index in [1.165, 1.54) is 0 Å². The van der Waals surface area contributed by atoms with E-state index in [2.05, 4.69) is 4.90 Å². The molecule has 0 aliphatic carbocycles. The number of rotatable bonds is 3. The second-order valence-electron chi connectivity index (χ2n) is 3.14. The molecule has 1 atom stereocenters. The lowest BCUT2D eigenvalue weighted by atomic mass is 10.4. The topological polar surface area (TPSA) is 35.9 Å². The van der Waals surface area contributed by atoms with Gasteiger partial charge in [-0.3, -0.25) is 4.84 Å². The van der Waals surface area contributed by atoms with E-state index in [0.717, 1.165) is 13.1 Å². The Morgan fingerprint density at radius 1 is 1.64 bits per heavy atom. The summed E-state index contributed by atoms with van der Waals surface area (Å²) >= 11 is 0. The van der Waals surface area contributed by atoms with Crippen molar-refractivity contribution in [2.24, 2.45) is 0 Å². The number of β-amino-alcohol motifs (C(OH)–C–C–N with tert-alkyl or cyclic N) is 1. The Kier molecular flexibility index (Phi) is 3.26. The Morgan fingerprint density at radius 2 is 2.36 bits per heavy atom. The van der Waals surface area contributed by atoms with E-state index in [0.29, 0.717) is 13.2 Å². The second kappa shape index (κ2) is 4.01. The maximum atomic E-state index is 9.08. The molecule has 1 rings (SSSR count). The highest BCUT2D eigenvalue weighted by Crippen LogP contribution is 2.03. The second-order valence-corrected chi connectivity index (χ2v) is 3.14. The third kappa shape index (κ3) is 3.16. The van der Waals surface area contributed by atoms with E-state index in [4.69, 9.17) is 9.94 Å². The van der Waals surface area contributed by atoms with Gasteiger partial charge in [0.15, 0.2) is 0 Å². The van der Waals surface area contributed by atoms with Gasteiger partial charge in [-0.15, -0.1) is 0 Å². The van der Waals surface area contributed by atoms with Gasteiger partial charge in [-0.1, -0.05) is 0 Å². The molecule has 1 fully saturated rings. The molecule has 1 heterocycles. The fraction of sp³-hybridized carbons (Fsp3) is 1.00. The molecule has 1 saturated heterocycles. The minimum Gasteiger partial charge on any atom is -0.389 e. The molecule has 4 nitrogen and oxygen atoms in total. The van der Waals surface area contributed by atoms with Crippen molar-refractivity contribution in [3.8, 4) is 0 Å². The highest BCUT2D eigenvalue weighted by atomic mass is 16.7. The van der Waals surface area contributed by atoms with Crippen LogP contribution in [0, 0.1) is 0 Å². The number of nitrogens with zero attached hydrogens (tertiary/aromatic N) is 2. The van der Waals surface area contributed by atoms with Crippen molar-refractivity contribution >= 4 is 0 Å². The quantitative estimate of drug-likeness (QED) is 0.584. The van der Waals surface area contributed by atoms with Crippen LogP contribution in [-0.2, 0) is 4.84 Å². The van der Waals surface area contributed by atoms with Gasteiger partial charge in [-0.05, 0) is 14.1 Å². The van der Waals surface area contributed by atoms with Gasteiger partial charge >= 0.3 is 0 Å². The Bertz CT molecular complexity index is 119. The van der Waals surface area contributed by atoms with Gasteiger partial charge in [-0.25, -0.2) is 0 Å². The van der Waals surface area contributed by atoms with Gasteiger partial charge in [0.05, 0.1) is 19.3 Å². The van der Waals surface area contributed by atoms with Crippen LogP contribution in [0.25, 0.3) is 0 Å². The third-order valence-electron chi connectivity index (χ3n) is 1.66. The van der Waals surface area contributed by atoms with Crippen LogP contribution < -0.4 is 0 Å². The molecule has 1 aliphatic heterocycles. The molecule has 0 aromatic carbocycles. The van der Waals surface area contributed by atoms with E-state index in [-0.39, 0.29) is 6.10 Å². The molecule has 1 aliphatic rings. The summed E-state index contributed by atoms with van der Waals surface area (Å²) in [6, 6.07) is 0. The Balaban J connectivity index is 2.08. The van der Waals surface area contributed by atoms with Gasteiger partial charge in [0.25, 0.3) is 0 Å². The van der Waals surface area contributed by atoms with Crippen LogP contribution in [0.2, 0.25) is 0 Å². The normalized spacial score (nSPS) is 26.7. The maximum Gasteiger partial charge on any atom is 0.0958 e. The van der Waals surface area contributed by atoms with E-state index in [1.54, 1.807) is 0 Å². The molecule has 0 bridgehead atoms. The molecule has 0 radical (unpaired) electrons. The van der Waals surface area contributed by atoms with Crippen molar-refractivity contribution in [1.29, 1.82) is 0 Å². The number of aliphatic hydroxyl groups excluding tert-OH is 1. The highest BCUT2D eigenvalue weighted by Gasteiger charge is 2.20. The molecule has 66 valence electrons. The average molecular weight is 160 g/mol. The fourth-order valence-corrected chi connectivity index (χ4v) is 0.999. The summed E-state index contributed by atoms with van der Waals surface area (Å²) in [5, 5.41) is 10.9. The minimum atomic E-state index is -0.294. The van der Waals surface area contributed by atoms with Crippen LogP contribution in [0.3, 0.4) is 0 Å². The summed E-state index contributed by atoms with van der Waals surface area (Å²) in [6.07, 6.45) is -0.294. The monoisotopic (exact) mass is 160 g/mol. The summed E-state index contributed by atoms with van der Waals surface area (Å²) in [5.41, 5.74) is 0. The van der Waals surface area contributed by atoms with Crippen LogP contribution in [0.15, 0.2) is 0 Å². The standard InChI is InChI=1S/C7H16N2O2/c1-8(2)3-4-9-5-7(10)6-11-9/h7,10H,3-6H2,1-2H3/t7-/m0/s1. The summed E-state index contributed by atoms with van der Waals surface area (Å²) in [4.78, 5) is 7.26. The molecular formula is C7H16N2O2. The lowest BCUT2D eigenvalue weighted by Crippen LogP contribution is -2.29. The van der Waals surface area contributed by atoms with Gasteiger partial charge in [-0.2, -0.15) is 5.06 Å². The van der Waals surface area contributed by atoms with Gasteiger partial charge in [0.1, 0.15) is 0 Å². The first kappa shape index (κ1) is 8.93. The molecule has 0 aromatic heterocycles. The zero-order chi connectivity index (χ0) is 8.27. The third-order valence-corrected chi connectivity index (χ3v) is 1.66. The predicted octanol–water partition coefficient (Wildman–Crippen LogP) is -0.844. The molecule has 0 aromatic rings. The molecule has 4 heteroatoms. The Morgan fingerprint density at radius 3 is 2.82 bits per heavy atom. The number of hydrogen-bond donors (Lipinski definition) is 1. The molecule has 0 saturated carbocycles. The Labute approximate surface area is 67.3 Å². The van der Waals surface area contributed by atoms with Crippen molar-refractivity contribution in [3.05, 3.63) is 0 Å². The molecule has 0 amide bonds. The van der Waals surface area contributed by atoms with Crippen LogP contribution >= 0.6 is 0 Å². The molecular weight excluding hydrogens is 144 g/mol. The van der Waals surface area contributed by atoms with E-state index in [1.807, 2.05) is 19.2 Å². The number of hydroxylamine groups is 2. The highest BCUT2D eigenvalue weighted by molar-refractivity contribution is 4.64. The molecule has 0 spiro atoms. The van der Waals surface area contributed by atoms with E-state index >= 15 is 0 Å². The van der Waals surface area contributed by atoms with Gasteiger partial charge in [0, 0.05) is 13.1 Å². The van der Waals surface area contributed by atoms with Gasteiger partial charge < -0.3 is 10.0 Å². The first-order valence-electron chi connectivity index (χ1n) is 3.89. The lowest BCUT2D eigenvalue weighted by molar-refractivity contribution is -0.112. The molecule has 11 heavy (non-hydrogen) atoms. The summed E-state index contributed by atoms with van der Waals surface area (Å²) < 4.78 is 0. The number of likely N-dealkylation sites (N-methyl/N-ethyl adjacent to an activating group) is 1. The van der Waals surface area contributed by atoms with E-state index < -0.39 is 0 Å². The summed E-state index contributed by atoms with van der Waals surface area (Å²) in [7, 11) is 4.04. The smallest absolute Gasteiger partial charge is 0.0958 e. The zero-order valence-corrected chi connectivity index (χ0v) is 7.16. The average Bonchev–Trinajstić information content (AvgIpc) is 2.31. The number of hydrogen-bond acceptors (Lipinski definition) is 4. The molecule has 1 N–H and O–H groups in total. The molecule has 0 unspecified atom stereocenters. The SMILES string of the molecule is CN(C)CCN1C[C@H](O)CO1. The summed E-state index contributed by atoms with van der Waals surface area (Å²) in [6.45, 7) is 2.93. The van der Waals surface area contributed by atoms with E-state index in [9.17, 15) is 0 Å². The van der Waals surface area contributed by atoms with Crippen LogP contribution in [0.5, 0.6) is 0 Å². The Hall–Kier alpha value is -0.160. The van der Waals surface area contributed by atoms with Gasteiger partial charge in [0.2, 0.25) is 0 Å². The first-order chi connectivity index (χ1) is 5.18. The zero-order valence-electron chi connectivity index (χ0n) is 7.16. The van der Waals surface area contributed by atoms with Crippen LogP contribution in [-0.4, -0.2) is 61.5 Å². The first-order valence-corrected chi connectivity index (χ1v) is 3.89. The fourth-order valence-electron chi connectivity index (χ4n) is 0.999. The lowest BCUT2D eigenvalue weighted by Gasteiger charge is -2.16.